The van der Waals surface area contributed by atoms with Crippen LogP contribution in [0.1, 0.15) is 16.8 Å². The molecule has 1 atom stereocenters. The van der Waals surface area contributed by atoms with Gasteiger partial charge in [0.25, 0.3) is 0 Å². The van der Waals surface area contributed by atoms with Crippen LogP contribution in [-0.2, 0) is 0 Å². The summed E-state index contributed by atoms with van der Waals surface area (Å²) < 4.78 is 5.28. The van der Waals surface area contributed by atoms with E-state index in [4.69, 9.17) is 9.84 Å². The van der Waals surface area contributed by atoms with Gasteiger partial charge in [-0.15, -0.1) is 0 Å². The number of hydrogen-bond acceptors (Lipinski definition) is 4. The summed E-state index contributed by atoms with van der Waals surface area (Å²) >= 11 is 0. The molecule has 0 unspecified atom stereocenters. The molecule has 0 aliphatic carbocycles. The van der Waals surface area contributed by atoms with Gasteiger partial charge in [0, 0.05) is 18.7 Å². The molecule has 1 heterocycles. The van der Waals surface area contributed by atoms with Crippen LogP contribution in [-0.4, -0.2) is 43.7 Å². The van der Waals surface area contributed by atoms with Crippen molar-refractivity contribution in [1.29, 1.82) is 0 Å². The van der Waals surface area contributed by atoms with Crippen molar-refractivity contribution in [3.63, 3.8) is 0 Å². The molecule has 2 rings (SSSR count). The zero-order valence-corrected chi connectivity index (χ0v) is 10.6. The number of hydrogen-bond donors (Lipinski definition) is 2. The highest BCUT2D eigenvalue weighted by Crippen LogP contribution is 2.33. The number of aldehydes is 1. The number of nitrogens with zero attached hydrogens (tertiary/aromatic N) is 1. The zero-order chi connectivity index (χ0) is 13.8. The first kappa shape index (κ1) is 13.2. The summed E-state index contributed by atoms with van der Waals surface area (Å²) in [5.74, 6) is 0.626. The molecule has 19 heavy (non-hydrogen) atoms. The number of anilines is 1. The summed E-state index contributed by atoms with van der Waals surface area (Å²) in [5, 5.41) is 11.2. The van der Waals surface area contributed by atoms with Gasteiger partial charge in [0.05, 0.1) is 18.8 Å². The van der Waals surface area contributed by atoms with Crippen molar-refractivity contribution in [2.24, 2.45) is 0 Å². The maximum absolute atomic E-state index is 11.1. The third kappa shape index (κ3) is 2.78. The predicted molar refractivity (Wildman–Crippen MR) is 70.2 cm³/mol. The number of carbonyl (C=O) groups excluding carboxylic acids is 1. The molecule has 0 spiro atoms. The molecule has 0 aromatic heterocycles. The molecule has 1 saturated heterocycles. The SMILES string of the molecule is COc1cccc(C=O)c1N1CC[C@H](NC(=O)O)C1. The van der Waals surface area contributed by atoms with Gasteiger partial charge >= 0.3 is 6.09 Å². The van der Waals surface area contributed by atoms with Gasteiger partial charge in [-0.25, -0.2) is 4.79 Å². The van der Waals surface area contributed by atoms with Crippen LogP contribution in [0.5, 0.6) is 5.75 Å². The lowest BCUT2D eigenvalue weighted by Gasteiger charge is -2.22. The second-order valence-electron chi connectivity index (χ2n) is 4.40. The first-order chi connectivity index (χ1) is 9.15. The molecule has 102 valence electrons. The number of rotatable bonds is 4. The van der Waals surface area contributed by atoms with Crippen molar-refractivity contribution in [3.8, 4) is 5.75 Å². The van der Waals surface area contributed by atoms with Crippen molar-refractivity contribution in [2.75, 3.05) is 25.1 Å². The Morgan fingerprint density at radius 2 is 2.37 bits per heavy atom. The Morgan fingerprint density at radius 1 is 1.58 bits per heavy atom. The van der Waals surface area contributed by atoms with Crippen molar-refractivity contribution in [2.45, 2.75) is 12.5 Å². The van der Waals surface area contributed by atoms with E-state index in [0.717, 1.165) is 12.0 Å². The van der Waals surface area contributed by atoms with Gasteiger partial charge in [-0.2, -0.15) is 0 Å². The topological polar surface area (TPSA) is 78.9 Å². The molecule has 2 N–H and O–H groups in total. The van der Waals surface area contributed by atoms with Crippen molar-refractivity contribution < 1.29 is 19.4 Å². The van der Waals surface area contributed by atoms with E-state index in [1.807, 2.05) is 4.90 Å². The first-order valence-corrected chi connectivity index (χ1v) is 6.02. The number of para-hydroxylation sites is 1. The molecule has 0 radical (unpaired) electrons. The van der Waals surface area contributed by atoms with E-state index in [1.165, 1.54) is 0 Å². The lowest BCUT2D eigenvalue weighted by molar-refractivity contribution is 0.112. The summed E-state index contributed by atoms with van der Waals surface area (Å²) in [6, 6.07) is 5.15. The fourth-order valence-electron chi connectivity index (χ4n) is 2.39. The van der Waals surface area contributed by atoms with Crippen LogP contribution < -0.4 is 15.0 Å². The molecule has 1 aliphatic rings. The highest BCUT2D eigenvalue weighted by Gasteiger charge is 2.27. The quantitative estimate of drug-likeness (QED) is 0.803. The number of benzene rings is 1. The fourth-order valence-corrected chi connectivity index (χ4v) is 2.39. The second kappa shape index (κ2) is 5.60. The molecule has 0 bridgehead atoms. The monoisotopic (exact) mass is 264 g/mol. The molecule has 1 aromatic rings. The predicted octanol–water partition coefficient (Wildman–Crippen LogP) is 1.35. The number of carboxylic acid groups (broad SMARTS) is 1. The van der Waals surface area contributed by atoms with E-state index in [0.29, 0.717) is 30.8 Å². The van der Waals surface area contributed by atoms with Gasteiger partial charge in [0.2, 0.25) is 0 Å². The molecule has 1 aromatic carbocycles. The lowest BCUT2D eigenvalue weighted by Crippen LogP contribution is -2.36. The number of nitrogens with one attached hydrogen (secondary N) is 1. The van der Waals surface area contributed by atoms with Gasteiger partial charge in [-0.1, -0.05) is 6.07 Å². The summed E-state index contributed by atoms with van der Waals surface area (Å²) in [5.41, 5.74) is 1.28. The van der Waals surface area contributed by atoms with Gasteiger partial charge in [0.1, 0.15) is 5.75 Å². The average molecular weight is 264 g/mol. The first-order valence-electron chi connectivity index (χ1n) is 6.02. The Balaban J connectivity index is 2.23. The Hall–Kier alpha value is -2.24. The van der Waals surface area contributed by atoms with Crippen LogP contribution in [0.3, 0.4) is 0 Å². The molecular formula is C13H16N2O4. The van der Waals surface area contributed by atoms with Crippen LogP contribution >= 0.6 is 0 Å². The Bertz CT molecular complexity index is 490. The van der Waals surface area contributed by atoms with E-state index in [9.17, 15) is 9.59 Å². The number of ether oxygens (including phenoxy) is 1. The molecule has 1 amide bonds. The van der Waals surface area contributed by atoms with E-state index in [1.54, 1.807) is 25.3 Å². The smallest absolute Gasteiger partial charge is 0.404 e. The minimum absolute atomic E-state index is 0.123. The van der Waals surface area contributed by atoms with Gasteiger partial charge < -0.3 is 20.1 Å². The van der Waals surface area contributed by atoms with Crippen LogP contribution in [0, 0.1) is 0 Å². The highest BCUT2D eigenvalue weighted by molar-refractivity contribution is 5.87. The molecule has 1 fully saturated rings. The van der Waals surface area contributed by atoms with Gasteiger partial charge in [0.15, 0.2) is 6.29 Å². The minimum atomic E-state index is -1.03. The third-order valence-electron chi connectivity index (χ3n) is 3.21. The standard InChI is InChI=1S/C13H16N2O4/c1-19-11-4-2-3-9(8-16)12(11)15-6-5-10(7-15)14-13(17)18/h2-4,8,10,14H,5-7H2,1H3,(H,17,18)/t10-/m0/s1. The fraction of sp³-hybridized carbons (Fsp3) is 0.385. The van der Waals surface area contributed by atoms with Crippen LogP contribution in [0.2, 0.25) is 0 Å². The van der Waals surface area contributed by atoms with Crippen molar-refractivity contribution in [3.05, 3.63) is 23.8 Å². The van der Waals surface area contributed by atoms with Crippen LogP contribution in [0.25, 0.3) is 0 Å². The van der Waals surface area contributed by atoms with E-state index < -0.39 is 6.09 Å². The number of methoxy groups -OCH3 is 1. The maximum Gasteiger partial charge on any atom is 0.404 e. The summed E-state index contributed by atoms with van der Waals surface area (Å²) in [6.45, 7) is 1.22. The average Bonchev–Trinajstić information content (AvgIpc) is 2.84. The maximum atomic E-state index is 11.1. The molecule has 0 saturated carbocycles. The third-order valence-corrected chi connectivity index (χ3v) is 3.21. The van der Waals surface area contributed by atoms with E-state index in [-0.39, 0.29) is 6.04 Å². The number of carbonyl (C=O) groups is 2. The molecule has 6 heteroatoms. The van der Waals surface area contributed by atoms with Gasteiger partial charge in [-0.3, -0.25) is 4.79 Å². The van der Waals surface area contributed by atoms with E-state index in [2.05, 4.69) is 5.32 Å². The summed E-state index contributed by atoms with van der Waals surface area (Å²) in [4.78, 5) is 23.7. The van der Waals surface area contributed by atoms with Crippen LogP contribution in [0.4, 0.5) is 10.5 Å². The van der Waals surface area contributed by atoms with E-state index >= 15 is 0 Å². The summed E-state index contributed by atoms with van der Waals surface area (Å²) in [7, 11) is 1.55. The Labute approximate surface area is 111 Å². The zero-order valence-electron chi connectivity index (χ0n) is 10.6. The van der Waals surface area contributed by atoms with Crippen molar-refractivity contribution in [1.82, 2.24) is 5.32 Å². The minimum Gasteiger partial charge on any atom is -0.495 e. The normalized spacial score (nSPS) is 18.2. The van der Waals surface area contributed by atoms with Crippen LogP contribution in [0.15, 0.2) is 18.2 Å². The molecule has 6 nitrogen and oxygen atoms in total. The largest absolute Gasteiger partial charge is 0.495 e. The Kier molecular flexibility index (Phi) is 3.89. The number of amides is 1. The lowest BCUT2D eigenvalue weighted by atomic mass is 10.1. The van der Waals surface area contributed by atoms with Gasteiger partial charge in [-0.05, 0) is 18.6 Å². The molecular weight excluding hydrogens is 248 g/mol. The van der Waals surface area contributed by atoms with Crippen molar-refractivity contribution >= 4 is 18.1 Å². The molecule has 1 aliphatic heterocycles. The Morgan fingerprint density at radius 3 is 3.00 bits per heavy atom. The second-order valence-corrected chi connectivity index (χ2v) is 4.40. The summed E-state index contributed by atoms with van der Waals surface area (Å²) in [6.07, 6.45) is 0.473. The highest BCUT2D eigenvalue weighted by atomic mass is 16.5.